The number of carbonyl (C=O) groups excluding carboxylic acids is 1. The molecular formula is C29H32N2O2S. The summed E-state index contributed by atoms with van der Waals surface area (Å²) >= 11 is 1.62. The van der Waals surface area contributed by atoms with Crippen molar-refractivity contribution < 1.29 is 9.53 Å². The number of amides is 1. The lowest BCUT2D eigenvalue weighted by Crippen LogP contribution is -2.48. The van der Waals surface area contributed by atoms with E-state index < -0.39 is 0 Å². The van der Waals surface area contributed by atoms with Crippen molar-refractivity contribution in [2.75, 3.05) is 11.9 Å². The molecule has 2 aliphatic rings. The molecular weight excluding hydrogens is 440 g/mol. The van der Waals surface area contributed by atoms with Crippen LogP contribution in [0.2, 0.25) is 0 Å². The van der Waals surface area contributed by atoms with Gasteiger partial charge in [-0.3, -0.25) is 4.79 Å². The molecule has 4 nitrogen and oxygen atoms in total. The van der Waals surface area contributed by atoms with Crippen LogP contribution >= 0.6 is 11.8 Å². The molecule has 1 aliphatic carbocycles. The average molecular weight is 473 g/mol. The SMILES string of the molecule is CCOc1ccc2ccccc2c1/C=C1\SC(Nc2ccccc2)N([C@@H]2CCCC[C@H]2C)C1=O. The van der Waals surface area contributed by atoms with Crippen LogP contribution in [0.4, 0.5) is 5.69 Å². The molecule has 1 unspecified atom stereocenters. The van der Waals surface area contributed by atoms with E-state index in [9.17, 15) is 4.79 Å². The zero-order chi connectivity index (χ0) is 23.5. The minimum absolute atomic E-state index is 0.118. The summed E-state index contributed by atoms with van der Waals surface area (Å²) in [6, 6.07) is 22.8. The van der Waals surface area contributed by atoms with Crippen LogP contribution in [0.15, 0.2) is 71.6 Å². The van der Waals surface area contributed by atoms with Crippen molar-refractivity contribution >= 4 is 40.2 Å². The van der Waals surface area contributed by atoms with E-state index in [0.29, 0.717) is 12.5 Å². The van der Waals surface area contributed by atoms with Gasteiger partial charge in [-0.15, -0.1) is 0 Å². The van der Waals surface area contributed by atoms with Gasteiger partial charge in [0.25, 0.3) is 5.91 Å². The highest BCUT2D eigenvalue weighted by Gasteiger charge is 2.43. The molecule has 1 aliphatic heterocycles. The molecule has 3 aromatic carbocycles. The van der Waals surface area contributed by atoms with Crippen LogP contribution in [0, 0.1) is 5.92 Å². The van der Waals surface area contributed by atoms with E-state index in [1.165, 1.54) is 19.3 Å². The fourth-order valence-corrected chi connectivity index (χ4v) is 6.40. The van der Waals surface area contributed by atoms with Crippen LogP contribution in [0.1, 0.15) is 45.1 Å². The van der Waals surface area contributed by atoms with Gasteiger partial charge in [-0.2, -0.15) is 0 Å². The lowest BCUT2D eigenvalue weighted by molar-refractivity contribution is -0.129. The number of thioether (sulfide) groups is 1. The summed E-state index contributed by atoms with van der Waals surface area (Å²) < 4.78 is 5.98. The monoisotopic (exact) mass is 472 g/mol. The summed E-state index contributed by atoms with van der Waals surface area (Å²) in [6.45, 7) is 4.87. The minimum atomic E-state index is -0.128. The maximum Gasteiger partial charge on any atom is 0.262 e. The van der Waals surface area contributed by atoms with Gasteiger partial charge >= 0.3 is 0 Å². The predicted molar refractivity (Wildman–Crippen MR) is 143 cm³/mol. The Labute approximate surface area is 206 Å². The molecule has 3 aromatic rings. The number of hydrogen-bond acceptors (Lipinski definition) is 4. The maximum atomic E-state index is 13.9. The minimum Gasteiger partial charge on any atom is -0.493 e. The van der Waals surface area contributed by atoms with E-state index in [1.807, 2.05) is 49.4 Å². The molecule has 34 heavy (non-hydrogen) atoms. The van der Waals surface area contributed by atoms with Crippen molar-refractivity contribution in [1.29, 1.82) is 0 Å². The number of para-hydroxylation sites is 1. The van der Waals surface area contributed by atoms with Gasteiger partial charge in [-0.1, -0.05) is 80.1 Å². The number of rotatable bonds is 6. The number of hydrogen-bond donors (Lipinski definition) is 1. The van der Waals surface area contributed by atoms with Crippen LogP contribution in [-0.2, 0) is 4.79 Å². The van der Waals surface area contributed by atoms with Crippen molar-refractivity contribution in [3.63, 3.8) is 0 Å². The molecule has 1 amide bonds. The molecule has 0 bridgehead atoms. The molecule has 1 N–H and O–H groups in total. The first-order chi connectivity index (χ1) is 16.7. The third-order valence-corrected chi connectivity index (χ3v) is 8.04. The highest BCUT2D eigenvalue weighted by molar-refractivity contribution is 8.05. The summed E-state index contributed by atoms with van der Waals surface area (Å²) in [6.07, 6.45) is 6.71. The van der Waals surface area contributed by atoms with Gasteiger partial charge in [-0.25, -0.2) is 0 Å². The second-order valence-corrected chi connectivity index (χ2v) is 10.3. The molecule has 176 valence electrons. The van der Waals surface area contributed by atoms with Crippen molar-refractivity contribution in [1.82, 2.24) is 4.90 Å². The second kappa shape index (κ2) is 10.1. The Balaban J connectivity index is 1.56. The van der Waals surface area contributed by atoms with Crippen LogP contribution in [0.25, 0.3) is 16.8 Å². The quantitative estimate of drug-likeness (QED) is 0.388. The van der Waals surface area contributed by atoms with E-state index in [-0.39, 0.29) is 17.4 Å². The molecule has 0 spiro atoms. The molecule has 2 fully saturated rings. The first kappa shape index (κ1) is 22.9. The van der Waals surface area contributed by atoms with E-state index in [0.717, 1.165) is 39.1 Å². The van der Waals surface area contributed by atoms with Gasteiger partial charge in [0.1, 0.15) is 5.75 Å². The first-order valence-corrected chi connectivity index (χ1v) is 13.2. The Kier molecular flexibility index (Phi) is 6.82. The van der Waals surface area contributed by atoms with Crippen LogP contribution in [-0.4, -0.2) is 29.0 Å². The Morgan fingerprint density at radius 1 is 1.03 bits per heavy atom. The smallest absolute Gasteiger partial charge is 0.262 e. The Morgan fingerprint density at radius 3 is 2.59 bits per heavy atom. The molecule has 0 aromatic heterocycles. The van der Waals surface area contributed by atoms with Gasteiger partial charge in [0.15, 0.2) is 5.50 Å². The lowest BCUT2D eigenvalue weighted by Gasteiger charge is -2.39. The van der Waals surface area contributed by atoms with Crippen LogP contribution in [0.5, 0.6) is 5.75 Å². The second-order valence-electron chi connectivity index (χ2n) is 9.16. The number of nitrogens with one attached hydrogen (secondary N) is 1. The maximum absolute atomic E-state index is 13.9. The lowest BCUT2D eigenvalue weighted by atomic mass is 9.85. The number of fused-ring (bicyclic) bond motifs is 1. The third kappa shape index (κ3) is 4.54. The third-order valence-electron chi connectivity index (χ3n) is 6.93. The first-order valence-electron chi connectivity index (χ1n) is 12.3. The largest absolute Gasteiger partial charge is 0.493 e. The predicted octanol–water partition coefficient (Wildman–Crippen LogP) is 7.13. The zero-order valence-electron chi connectivity index (χ0n) is 19.9. The van der Waals surface area contributed by atoms with Gasteiger partial charge in [0, 0.05) is 17.3 Å². The van der Waals surface area contributed by atoms with E-state index >= 15 is 0 Å². The molecule has 0 radical (unpaired) electrons. The fourth-order valence-electron chi connectivity index (χ4n) is 5.20. The van der Waals surface area contributed by atoms with Crippen LogP contribution in [0.3, 0.4) is 0 Å². The van der Waals surface area contributed by atoms with E-state index in [2.05, 4.69) is 47.5 Å². The summed E-state index contributed by atoms with van der Waals surface area (Å²) in [5, 5.41) is 5.87. The van der Waals surface area contributed by atoms with Crippen molar-refractivity contribution in [3.05, 3.63) is 77.2 Å². The molecule has 1 heterocycles. The Bertz CT molecular complexity index is 1190. The molecule has 5 rings (SSSR count). The summed E-state index contributed by atoms with van der Waals surface area (Å²) in [5.41, 5.74) is 1.88. The number of anilines is 1. The molecule has 3 atom stereocenters. The van der Waals surface area contributed by atoms with Gasteiger partial charge in [0.2, 0.25) is 0 Å². The molecule has 1 saturated heterocycles. The zero-order valence-corrected chi connectivity index (χ0v) is 20.7. The number of nitrogens with zero attached hydrogens (tertiary/aromatic N) is 1. The molecule has 5 heteroatoms. The highest BCUT2D eigenvalue weighted by atomic mass is 32.2. The summed E-state index contributed by atoms with van der Waals surface area (Å²) in [5.74, 6) is 1.43. The standard InChI is InChI=1S/C29H32N2O2S/c1-3-33-26-18-17-21-12-8-9-15-23(21)24(26)19-27-28(32)31(25-16-10-7-11-20(25)2)29(34-27)30-22-13-5-4-6-14-22/h4-6,8-9,12-15,17-20,25,29-30H,3,7,10-11,16H2,1-2H3/b27-19-/t20-,25-,29?/m1/s1. The Hall–Kier alpha value is -2.92. The molecule has 1 saturated carbocycles. The average Bonchev–Trinajstić information content (AvgIpc) is 3.16. The van der Waals surface area contributed by atoms with Crippen molar-refractivity contribution in [2.45, 2.75) is 51.1 Å². The van der Waals surface area contributed by atoms with Gasteiger partial charge in [-0.05, 0) is 60.7 Å². The highest BCUT2D eigenvalue weighted by Crippen LogP contribution is 2.43. The normalized spacial score (nSPS) is 24.1. The van der Waals surface area contributed by atoms with Gasteiger partial charge in [0.05, 0.1) is 11.5 Å². The Morgan fingerprint density at radius 2 is 1.79 bits per heavy atom. The van der Waals surface area contributed by atoms with Crippen LogP contribution < -0.4 is 10.1 Å². The van der Waals surface area contributed by atoms with Crippen molar-refractivity contribution in [3.8, 4) is 5.75 Å². The van der Waals surface area contributed by atoms with E-state index in [1.54, 1.807) is 11.8 Å². The van der Waals surface area contributed by atoms with Gasteiger partial charge < -0.3 is 15.0 Å². The van der Waals surface area contributed by atoms with Crippen molar-refractivity contribution in [2.24, 2.45) is 5.92 Å². The number of ether oxygens (including phenoxy) is 1. The van der Waals surface area contributed by atoms with E-state index in [4.69, 9.17) is 4.74 Å². The topological polar surface area (TPSA) is 41.6 Å². The number of benzene rings is 3. The summed E-state index contributed by atoms with van der Waals surface area (Å²) in [7, 11) is 0. The summed E-state index contributed by atoms with van der Waals surface area (Å²) in [4.78, 5) is 16.8. The number of carbonyl (C=O) groups is 1. The fraction of sp³-hybridized carbons (Fsp3) is 0.345.